The van der Waals surface area contributed by atoms with Crippen molar-refractivity contribution in [1.82, 2.24) is 9.97 Å². The third-order valence-electron chi connectivity index (χ3n) is 0.835. The van der Waals surface area contributed by atoms with Crippen LogP contribution in [0.3, 0.4) is 0 Å². The van der Waals surface area contributed by atoms with E-state index in [0.717, 1.165) is 12.4 Å². The fraction of sp³-hybridized carbons (Fsp3) is 0. The van der Waals surface area contributed by atoms with Gasteiger partial charge in [-0.2, -0.15) is 0 Å². The number of hydrogen-bond acceptors (Lipinski definition) is 2. The van der Waals surface area contributed by atoms with Crippen molar-refractivity contribution in [2.24, 2.45) is 0 Å². The molecule has 0 aromatic carbocycles. The van der Waals surface area contributed by atoms with Gasteiger partial charge in [-0.25, -0.2) is 9.97 Å². The fourth-order valence-electron chi connectivity index (χ4n) is 0.435. The van der Waals surface area contributed by atoms with Crippen LogP contribution in [0.15, 0.2) is 12.4 Å². The summed E-state index contributed by atoms with van der Waals surface area (Å²) in [5.74, 6) is 0. The van der Waals surface area contributed by atoms with Crippen LogP contribution < -0.4 is 5.72 Å². The van der Waals surface area contributed by atoms with Crippen LogP contribution in [0.25, 0.3) is 0 Å². The van der Waals surface area contributed by atoms with Gasteiger partial charge < -0.3 is 0 Å². The highest BCUT2D eigenvalue weighted by Gasteiger charge is 2.18. The molecule has 0 aliphatic rings. The van der Waals surface area contributed by atoms with Crippen molar-refractivity contribution < 1.29 is 8.63 Å². The summed E-state index contributed by atoms with van der Waals surface area (Å²) in [5.41, 5.74) is -0.496. The van der Waals surface area contributed by atoms with Gasteiger partial charge in [-0.05, 0) is 0 Å². The molecule has 10 heavy (non-hydrogen) atoms. The lowest BCUT2D eigenvalue weighted by atomic mass is 9.98. The first-order valence-electron chi connectivity index (χ1n) is 2.46. The number of nitrogens with zero attached hydrogens (tertiary/aromatic N) is 2. The Labute approximate surface area is 61.4 Å². The average molecular weight is 162 g/mol. The summed E-state index contributed by atoms with van der Waals surface area (Å²) in [6.07, 6.45) is 2.27. The summed E-state index contributed by atoms with van der Waals surface area (Å²) in [6.45, 7) is 0. The second-order valence-corrected chi connectivity index (χ2v) is 2.00. The molecule has 0 saturated heterocycles. The molecular formula is C4H2BClF2N2. The molecule has 0 unspecified atom stereocenters. The Kier molecular flexibility index (Phi) is 2.16. The lowest BCUT2D eigenvalue weighted by Crippen LogP contribution is -2.27. The van der Waals surface area contributed by atoms with Crippen LogP contribution in [0.1, 0.15) is 0 Å². The van der Waals surface area contributed by atoms with E-state index >= 15 is 0 Å². The van der Waals surface area contributed by atoms with E-state index < -0.39 is 13.0 Å². The lowest BCUT2D eigenvalue weighted by molar-refractivity contribution is 0.678. The van der Waals surface area contributed by atoms with Crippen LogP contribution in [-0.4, -0.2) is 17.2 Å². The number of aromatic nitrogens is 2. The maximum atomic E-state index is 11.7. The smallest absolute Gasteiger partial charge is 0.278 e. The van der Waals surface area contributed by atoms with Crippen molar-refractivity contribution in [3.05, 3.63) is 17.4 Å². The van der Waals surface area contributed by atoms with Gasteiger partial charge in [0.25, 0.3) is 0 Å². The van der Waals surface area contributed by atoms with Crippen LogP contribution in [0.4, 0.5) is 8.63 Å². The molecule has 0 amide bonds. The van der Waals surface area contributed by atoms with Crippen molar-refractivity contribution in [3.63, 3.8) is 0 Å². The van der Waals surface area contributed by atoms with Gasteiger partial charge in [0.15, 0.2) is 5.72 Å². The Morgan fingerprint density at radius 1 is 1.30 bits per heavy atom. The number of rotatable bonds is 1. The monoisotopic (exact) mass is 162 g/mol. The summed E-state index contributed by atoms with van der Waals surface area (Å²) in [7, 11) is -2.63. The topological polar surface area (TPSA) is 25.8 Å². The van der Waals surface area contributed by atoms with Gasteiger partial charge in [0.1, 0.15) is 0 Å². The summed E-state index contributed by atoms with van der Waals surface area (Å²) >= 11 is 5.35. The van der Waals surface area contributed by atoms with E-state index in [1.807, 2.05) is 0 Å². The molecule has 0 saturated carbocycles. The highest BCUT2D eigenvalue weighted by atomic mass is 35.5. The van der Waals surface area contributed by atoms with Crippen LogP contribution in [0.5, 0.6) is 0 Å². The van der Waals surface area contributed by atoms with Gasteiger partial charge in [-0.3, -0.25) is 8.63 Å². The van der Waals surface area contributed by atoms with E-state index in [4.69, 9.17) is 11.6 Å². The van der Waals surface area contributed by atoms with Gasteiger partial charge in [0.2, 0.25) is 0 Å². The molecule has 6 heteroatoms. The summed E-state index contributed by atoms with van der Waals surface area (Å²) in [5, 5.41) is 0.254. The molecule has 0 aliphatic carbocycles. The molecule has 0 atom stereocenters. The highest BCUT2D eigenvalue weighted by Crippen LogP contribution is 1.99. The van der Waals surface area contributed by atoms with E-state index in [1.54, 1.807) is 0 Å². The van der Waals surface area contributed by atoms with E-state index in [9.17, 15) is 8.63 Å². The second kappa shape index (κ2) is 2.92. The van der Waals surface area contributed by atoms with E-state index in [-0.39, 0.29) is 5.02 Å². The zero-order valence-electron chi connectivity index (χ0n) is 4.76. The van der Waals surface area contributed by atoms with E-state index in [2.05, 4.69) is 9.97 Å². The van der Waals surface area contributed by atoms with Gasteiger partial charge in [-0.1, -0.05) is 11.6 Å². The molecule has 0 aliphatic heterocycles. The fourth-order valence-corrected chi connectivity index (χ4v) is 0.533. The SMILES string of the molecule is FB(F)c1ncc(Cl)cn1. The minimum absolute atomic E-state index is 0.254. The van der Waals surface area contributed by atoms with Crippen LogP contribution >= 0.6 is 11.6 Å². The predicted molar refractivity (Wildman–Crippen MR) is 34.6 cm³/mol. The normalized spacial score (nSPS) is 9.50. The molecule has 1 aromatic rings. The molecule has 0 spiro atoms. The molecule has 2 nitrogen and oxygen atoms in total. The maximum Gasteiger partial charge on any atom is 0.610 e. The largest absolute Gasteiger partial charge is 0.610 e. The Hall–Kier alpha value is -0.705. The minimum Gasteiger partial charge on any atom is -0.278 e. The third-order valence-corrected chi connectivity index (χ3v) is 1.03. The summed E-state index contributed by atoms with van der Waals surface area (Å²) < 4.78 is 23.5. The van der Waals surface area contributed by atoms with Gasteiger partial charge >= 0.3 is 7.27 Å². The van der Waals surface area contributed by atoms with Crippen molar-refractivity contribution in [3.8, 4) is 0 Å². The van der Waals surface area contributed by atoms with Crippen molar-refractivity contribution in [1.29, 1.82) is 0 Å². The average Bonchev–Trinajstić information content (AvgIpc) is 1.88. The molecule has 0 bridgehead atoms. The molecule has 1 rings (SSSR count). The molecule has 0 N–H and O–H groups in total. The zero-order chi connectivity index (χ0) is 7.56. The van der Waals surface area contributed by atoms with Crippen LogP contribution in [-0.2, 0) is 0 Å². The first-order valence-corrected chi connectivity index (χ1v) is 2.83. The molecule has 52 valence electrons. The molecule has 1 heterocycles. The van der Waals surface area contributed by atoms with Crippen molar-refractivity contribution in [2.45, 2.75) is 0 Å². The van der Waals surface area contributed by atoms with Crippen molar-refractivity contribution in [2.75, 3.05) is 0 Å². The van der Waals surface area contributed by atoms with E-state index in [0.29, 0.717) is 0 Å². The predicted octanol–water partition coefficient (Wildman–Crippen LogP) is 0.764. The van der Waals surface area contributed by atoms with Crippen LogP contribution in [0, 0.1) is 0 Å². The summed E-state index contributed by atoms with van der Waals surface area (Å²) in [4.78, 5) is 6.57. The molecule has 1 aromatic heterocycles. The molecule has 0 radical (unpaired) electrons. The second-order valence-electron chi connectivity index (χ2n) is 1.56. The summed E-state index contributed by atoms with van der Waals surface area (Å²) in [6, 6.07) is 0. The molecular weight excluding hydrogens is 160 g/mol. The third kappa shape index (κ3) is 1.64. The Balaban J connectivity index is 2.89. The Morgan fingerprint density at radius 2 is 1.80 bits per heavy atom. The quantitative estimate of drug-likeness (QED) is 0.570. The first kappa shape index (κ1) is 7.40. The zero-order valence-corrected chi connectivity index (χ0v) is 5.52. The van der Waals surface area contributed by atoms with Gasteiger partial charge in [0.05, 0.1) is 5.02 Å². The number of hydrogen-bond donors (Lipinski definition) is 0. The lowest BCUT2D eigenvalue weighted by Gasteiger charge is -1.91. The first-order chi connectivity index (χ1) is 4.70. The Bertz CT molecular complexity index is 215. The van der Waals surface area contributed by atoms with Gasteiger partial charge in [-0.15, -0.1) is 0 Å². The number of halogens is 3. The van der Waals surface area contributed by atoms with Crippen LogP contribution in [0.2, 0.25) is 5.02 Å². The highest BCUT2D eigenvalue weighted by molar-refractivity contribution is 6.57. The van der Waals surface area contributed by atoms with Gasteiger partial charge in [0, 0.05) is 12.4 Å². The Morgan fingerprint density at radius 3 is 2.20 bits per heavy atom. The van der Waals surface area contributed by atoms with E-state index in [1.165, 1.54) is 0 Å². The maximum absolute atomic E-state index is 11.7. The standard InChI is InChI=1S/C4H2BClF2N2/c6-3-1-9-4(5(7)8)10-2-3/h1-2H. The molecule has 0 fully saturated rings. The minimum atomic E-state index is -2.63. The van der Waals surface area contributed by atoms with Crippen molar-refractivity contribution >= 4 is 24.6 Å².